The number of rotatable bonds is 9. The summed E-state index contributed by atoms with van der Waals surface area (Å²) in [5.41, 5.74) is 0.696. The SMILES string of the molecule is CC(OC(=O)CCNS(=O)(=O)c1ccc2ccccc2c1)C(=O)NCc1ccc(F)cc1. The molecule has 0 bridgehead atoms. The lowest BCUT2D eigenvalue weighted by Crippen LogP contribution is -2.36. The van der Waals surface area contributed by atoms with E-state index >= 15 is 0 Å². The molecule has 0 aliphatic heterocycles. The van der Waals surface area contributed by atoms with E-state index in [1.165, 1.54) is 37.3 Å². The van der Waals surface area contributed by atoms with Crippen molar-refractivity contribution in [3.8, 4) is 0 Å². The highest BCUT2D eigenvalue weighted by Crippen LogP contribution is 2.18. The van der Waals surface area contributed by atoms with E-state index in [1.54, 1.807) is 12.1 Å². The smallest absolute Gasteiger partial charge is 0.307 e. The standard InChI is InChI=1S/C23H23FN2O5S/c1-16(23(28)25-15-17-6-9-20(24)10-7-17)31-22(27)12-13-26-32(29,30)21-11-8-18-4-2-3-5-19(18)14-21/h2-11,14,16,26H,12-13,15H2,1H3,(H,25,28). The zero-order valence-corrected chi connectivity index (χ0v) is 18.2. The fourth-order valence-electron chi connectivity index (χ4n) is 2.95. The Labute approximate surface area is 185 Å². The van der Waals surface area contributed by atoms with Gasteiger partial charge in [-0.2, -0.15) is 0 Å². The summed E-state index contributed by atoms with van der Waals surface area (Å²) in [7, 11) is -3.80. The molecule has 0 saturated carbocycles. The van der Waals surface area contributed by atoms with Gasteiger partial charge in [-0.3, -0.25) is 9.59 Å². The van der Waals surface area contributed by atoms with Crippen molar-refractivity contribution in [2.75, 3.05) is 6.54 Å². The van der Waals surface area contributed by atoms with Crippen molar-refractivity contribution in [1.29, 1.82) is 0 Å². The quantitative estimate of drug-likeness (QED) is 0.480. The Morgan fingerprint density at radius 2 is 1.69 bits per heavy atom. The number of nitrogens with one attached hydrogen (secondary N) is 2. The van der Waals surface area contributed by atoms with Crippen molar-refractivity contribution < 1.29 is 27.1 Å². The Hall–Kier alpha value is -3.30. The molecule has 3 aromatic rings. The lowest BCUT2D eigenvalue weighted by molar-refractivity contribution is -0.154. The monoisotopic (exact) mass is 458 g/mol. The molecule has 0 aromatic heterocycles. The molecule has 0 aliphatic rings. The Balaban J connectivity index is 1.45. The predicted molar refractivity (Wildman–Crippen MR) is 118 cm³/mol. The molecular weight excluding hydrogens is 435 g/mol. The second kappa shape index (κ2) is 10.3. The molecule has 0 aliphatic carbocycles. The number of amides is 1. The number of ether oxygens (including phenoxy) is 1. The van der Waals surface area contributed by atoms with Crippen molar-refractivity contribution in [2.45, 2.75) is 30.9 Å². The van der Waals surface area contributed by atoms with E-state index in [-0.39, 0.29) is 30.2 Å². The zero-order valence-electron chi connectivity index (χ0n) is 17.4. The average molecular weight is 459 g/mol. The minimum atomic E-state index is -3.80. The van der Waals surface area contributed by atoms with E-state index in [2.05, 4.69) is 10.0 Å². The number of carbonyl (C=O) groups excluding carboxylic acids is 2. The van der Waals surface area contributed by atoms with Crippen LogP contribution in [-0.2, 0) is 30.9 Å². The molecule has 2 N–H and O–H groups in total. The molecule has 1 amide bonds. The third-order valence-corrected chi connectivity index (χ3v) is 6.17. The number of fused-ring (bicyclic) bond motifs is 1. The van der Waals surface area contributed by atoms with Gasteiger partial charge in [0.1, 0.15) is 5.82 Å². The van der Waals surface area contributed by atoms with Gasteiger partial charge in [0.2, 0.25) is 10.0 Å². The lowest BCUT2D eigenvalue weighted by atomic mass is 10.1. The van der Waals surface area contributed by atoms with Crippen LogP contribution in [0.4, 0.5) is 4.39 Å². The summed E-state index contributed by atoms with van der Waals surface area (Å²) in [4.78, 5) is 24.2. The fraction of sp³-hybridized carbons (Fsp3) is 0.217. The zero-order chi connectivity index (χ0) is 23.1. The molecule has 0 heterocycles. The molecule has 168 valence electrons. The largest absolute Gasteiger partial charge is 0.453 e. The van der Waals surface area contributed by atoms with Crippen LogP contribution in [-0.4, -0.2) is 32.9 Å². The van der Waals surface area contributed by atoms with Crippen LogP contribution in [0.15, 0.2) is 71.6 Å². The van der Waals surface area contributed by atoms with Gasteiger partial charge in [0.05, 0.1) is 11.3 Å². The molecular formula is C23H23FN2O5S. The van der Waals surface area contributed by atoms with Gasteiger partial charge in [-0.15, -0.1) is 0 Å². The first-order valence-electron chi connectivity index (χ1n) is 9.95. The number of hydrogen-bond acceptors (Lipinski definition) is 5. The van der Waals surface area contributed by atoms with Crippen molar-refractivity contribution in [3.63, 3.8) is 0 Å². The molecule has 1 atom stereocenters. The second-order valence-corrected chi connectivity index (χ2v) is 8.90. The van der Waals surface area contributed by atoms with Gasteiger partial charge in [-0.1, -0.05) is 42.5 Å². The molecule has 0 spiro atoms. The number of benzene rings is 3. The van der Waals surface area contributed by atoms with Gasteiger partial charge < -0.3 is 10.1 Å². The maximum absolute atomic E-state index is 12.9. The first kappa shape index (κ1) is 23.4. The van der Waals surface area contributed by atoms with E-state index in [9.17, 15) is 22.4 Å². The molecule has 1 unspecified atom stereocenters. The van der Waals surface area contributed by atoms with Gasteiger partial charge in [0.25, 0.3) is 5.91 Å². The molecule has 3 aromatic carbocycles. The van der Waals surface area contributed by atoms with E-state index in [0.717, 1.165) is 10.8 Å². The predicted octanol–water partition coefficient (Wildman–Crippen LogP) is 2.90. The summed E-state index contributed by atoms with van der Waals surface area (Å²) in [5, 5.41) is 4.30. The fourth-order valence-corrected chi connectivity index (χ4v) is 4.02. The lowest BCUT2D eigenvalue weighted by Gasteiger charge is -2.14. The summed E-state index contributed by atoms with van der Waals surface area (Å²) in [6.07, 6.45) is -1.29. The van der Waals surface area contributed by atoms with Crippen LogP contribution in [0, 0.1) is 5.82 Å². The van der Waals surface area contributed by atoms with Crippen molar-refractivity contribution >= 4 is 32.7 Å². The van der Waals surface area contributed by atoms with Gasteiger partial charge in [0.15, 0.2) is 6.10 Å². The molecule has 7 nitrogen and oxygen atoms in total. The number of hydrogen-bond donors (Lipinski definition) is 2. The van der Waals surface area contributed by atoms with Crippen LogP contribution in [0.5, 0.6) is 0 Å². The van der Waals surface area contributed by atoms with E-state index in [1.807, 2.05) is 24.3 Å². The van der Waals surface area contributed by atoms with Gasteiger partial charge in [0, 0.05) is 13.1 Å². The first-order valence-corrected chi connectivity index (χ1v) is 11.4. The Bertz CT molecular complexity index is 1210. The van der Waals surface area contributed by atoms with Gasteiger partial charge in [-0.25, -0.2) is 17.5 Å². The number of esters is 1. The molecule has 32 heavy (non-hydrogen) atoms. The number of sulfonamides is 1. The van der Waals surface area contributed by atoms with Crippen LogP contribution < -0.4 is 10.0 Å². The number of halogens is 1. The van der Waals surface area contributed by atoms with Gasteiger partial charge >= 0.3 is 5.97 Å². The second-order valence-electron chi connectivity index (χ2n) is 7.13. The summed E-state index contributed by atoms with van der Waals surface area (Å²) in [6, 6.07) is 17.8. The third-order valence-electron chi connectivity index (χ3n) is 4.71. The average Bonchev–Trinajstić information content (AvgIpc) is 2.78. The van der Waals surface area contributed by atoms with Gasteiger partial charge in [-0.05, 0) is 47.5 Å². The van der Waals surface area contributed by atoms with E-state index in [0.29, 0.717) is 5.56 Å². The van der Waals surface area contributed by atoms with Crippen molar-refractivity contribution in [1.82, 2.24) is 10.0 Å². The maximum atomic E-state index is 12.9. The van der Waals surface area contributed by atoms with Crippen LogP contribution in [0.25, 0.3) is 10.8 Å². The number of carbonyl (C=O) groups is 2. The maximum Gasteiger partial charge on any atom is 0.307 e. The molecule has 9 heteroatoms. The van der Waals surface area contributed by atoms with Crippen LogP contribution in [0.3, 0.4) is 0 Å². The molecule has 0 fully saturated rings. The Morgan fingerprint density at radius 1 is 1.00 bits per heavy atom. The summed E-state index contributed by atoms with van der Waals surface area (Å²) >= 11 is 0. The highest BCUT2D eigenvalue weighted by atomic mass is 32.2. The van der Waals surface area contributed by atoms with E-state index < -0.39 is 28.0 Å². The summed E-state index contributed by atoms with van der Waals surface area (Å²) < 4.78 is 45.3. The van der Waals surface area contributed by atoms with Crippen LogP contribution >= 0.6 is 0 Å². The summed E-state index contributed by atoms with van der Waals surface area (Å²) in [5.74, 6) is -1.60. The normalized spacial score (nSPS) is 12.3. The summed E-state index contributed by atoms with van der Waals surface area (Å²) in [6.45, 7) is 1.40. The van der Waals surface area contributed by atoms with Crippen LogP contribution in [0.2, 0.25) is 0 Å². The highest BCUT2D eigenvalue weighted by molar-refractivity contribution is 7.89. The highest BCUT2D eigenvalue weighted by Gasteiger charge is 2.19. The van der Waals surface area contributed by atoms with E-state index in [4.69, 9.17) is 4.74 Å². The third kappa shape index (κ3) is 6.35. The molecule has 3 rings (SSSR count). The van der Waals surface area contributed by atoms with Crippen molar-refractivity contribution in [2.24, 2.45) is 0 Å². The first-order chi connectivity index (χ1) is 15.2. The molecule has 0 radical (unpaired) electrons. The Morgan fingerprint density at radius 3 is 2.41 bits per heavy atom. The topological polar surface area (TPSA) is 102 Å². The van der Waals surface area contributed by atoms with Crippen molar-refractivity contribution in [3.05, 3.63) is 78.1 Å². The van der Waals surface area contributed by atoms with Crippen LogP contribution in [0.1, 0.15) is 18.9 Å². The minimum absolute atomic E-state index is 0.0955. The minimum Gasteiger partial charge on any atom is -0.453 e. The Kier molecular flexibility index (Phi) is 7.55. The molecule has 0 saturated heterocycles.